The van der Waals surface area contributed by atoms with Crippen molar-refractivity contribution in [2.24, 2.45) is 5.92 Å². The lowest BCUT2D eigenvalue weighted by Crippen LogP contribution is -2.57. The summed E-state index contributed by atoms with van der Waals surface area (Å²) >= 11 is 0. The Balaban J connectivity index is 1.57. The molecular weight excluding hydrogens is 511 g/mol. The third-order valence-electron chi connectivity index (χ3n) is 7.81. The molecule has 0 unspecified atom stereocenters. The maximum Gasteiger partial charge on any atom is 0.243 e. The SMILES string of the molecule is Cc1cc(C[C@H]2NC(=O)[C@@H](C)N(C)C(=O)[C@H](C3CC3)NC[C@@H](C)Oc3ccccc3CCCNC2=O)ccc1F. The van der Waals surface area contributed by atoms with E-state index in [0.717, 1.165) is 29.7 Å². The van der Waals surface area contributed by atoms with Gasteiger partial charge in [0, 0.05) is 26.6 Å². The topological polar surface area (TPSA) is 99.8 Å². The van der Waals surface area contributed by atoms with Crippen molar-refractivity contribution >= 4 is 17.7 Å². The van der Waals surface area contributed by atoms with Crippen molar-refractivity contribution in [3.05, 3.63) is 65.0 Å². The number of benzene rings is 2. The number of aryl methyl sites for hydroxylation is 2. The number of rotatable bonds is 3. The van der Waals surface area contributed by atoms with Crippen molar-refractivity contribution in [1.29, 1.82) is 0 Å². The third kappa shape index (κ3) is 7.59. The molecule has 216 valence electrons. The maximum absolute atomic E-state index is 13.9. The zero-order valence-electron chi connectivity index (χ0n) is 23.8. The molecule has 1 fully saturated rings. The second-order valence-electron chi connectivity index (χ2n) is 11.1. The first-order valence-electron chi connectivity index (χ1n) is 14.2. The molecule has 4 atom stereocenters. The lowest BCUT2D eigenvalue weighted by Gasteiger charge is -2.31. The van der Waals surface area contributed by atoms with E-state index in [0.29, 0.717) is 31.5 Å². The normalized spacial score (nSPS) is 25.6. The number of amides is 3. The van der Waals surface area contributed by atoms with Gasteiger partial charge < -0.3 is 25.6 Å². The summed E-state index contributed by atoms with van der Waals surface area (Å²) in [5, 5.41) is 9.20. The van der Waals surface area contributed by atoms with E-state index in [-0.39, 0.29) is 36.1 Å². The minimum absolute atomic E-state index is 0.158. The van der Waals surface area contributed by atoms with Crippen LogP contribution in [0.15, 0.2) is 42.5 Å². The Bertz CT molecular complexity index is 1220. The maximum atomic E-state index is 13.9. The number of carbonyl (C=O) groups is 3. The molecule has 3 amide bonds. The van der Waals surface area contributed by atoms with Crippen LogP contribution in [0.2, 0.25) is 0 Å². The van der Waals surface area contributed by atoms with Gasteiger partial charge in [-0.2, -0.15) is 0 Å². The minimum atomic E-state index is -0.879. The first kappa shape index (κ1) is 29.5. The van der Waals surface area contributed by atoms with Crippen molar-refractivity contribution < 1.29 is 23.5 Å². The molecule has 4 rings (SSSR count). The zero-order valence-corrected chi connectivity index (χ0v) is 23.8. The van der Waals surface area contributed by atoms with Gasteiger partial charge in [0.15, 0.2) is 0 Å². The first-order chi connectivity index (χ1) is 19.1. The summed E-state index contributed by atoms with van der Waals surface area (Å²) in [6, 6.07) is 10.4. The number of hydrogen-bond acceptors (Lipinski definition) is 5. The molecule has 1 saturated carbocycles. The van der Waals surface area contributed by atoms with Gasteiger partial charge in [-0.3, -0.25) is 14.4 Å². The van der Waals surface area contributed by atoms with E-state index >= 15 is 0 Å². The summed E-state index contributed by atoms with van der Waals surface area (Å²) in [5.74, 6) is -0.219. The Morgan fingerprint density at radius 2 is 1.80 bits per heavy atom. The quantitative estimate of drug-likeness (QED) is 0.544. The number of nitrogens with one attached hydrogen (secondary N) is 3. The predicted octanol–water partition coefficient (Wildman–Crippen LogP) is 2.91. The molecule has 40 heavy (non-hydrogen) atoms. The lowest BCUT2D eigenvalue weighted by atomic mass is 10.0. The Kier molecular flexibility index (Phi) is 9.79. The molecule has 1 heterocycles. The van der Waals surface area contributed by atoms with Gasteiger partial charge in [-0.25, -0.2) is 4.39 Å². The number of nitrogens with zero attached hydrogens (tertiary/aromatic N) is 1. The van der Waals surface area contributed by atoms with E-state index in [1.54, 1.807) is 33.0 Å². The largest absolute Gasteiger partial charge is 0.489 e. The van der Waals surface area contributed by atoms with Crippen molar-refractivity contribution in [2.75, 3.05) is 20.1 Å². The van der Waals surface area contributed by atoms with Crippen LogP contribution in [-0.2, 0) is 27.2 Å². The van der Waals surface area contributed by atoms with Crippen LogP contribution in [0.3, 0.4) is 0 Å². The summed E-state index contributed by atoms with van der Waals surface area (Å²) in [6.07, 6.45) is 3.33. The second-order valence-corrected chi connectivity index (χ2v) is 11.1. The van der Waals surface area contributed by atoms with E-state index in [1.807, 2.05) is 31.2 Å². The summed E-state index contributed by atoms with van der Waals surface area (Å²) in [5.41, 5.74) is 2.24. The smallest absolute Gasteiger partial charge is 0.243 e. The molecule has 2 aromatic rings. The van der Waals surface area contributed by atoms with Crippen LogP contribution in [0.25, 0.3) is 0 Å². The van der Waals surface area contributed by atoms with Crippen LogP contribution in [0.1, 0.15) is 49.8 Å². The molecule has 9 heteroatoms. The van der Waals surface area contributed by atoms with Crippen LogP contribution in [0, 0.1) is 18.7 Å². The number of carbonyl (C=O) groups excluding carboxylic acids is 3. The van der Waals surface area contributed by atoms with Gasteiger partial charge in [0.2, 0.25) is 17.7 Å². The molecule has 3 N–H and O–H groups in total. The van der Waals surface area contributed by atoms with Crippen LogP contribution < -0.4 is 20.7 Å². The Labute approximate surface area is 236 Å². The Morgan fingerprint density at radius 3 is 2.52 bits per heavy atom. The third-order valence-corrected chi connectivity index (χ3v) is 7.81. The highest BCUT2D eigenvalue weighted by molar-refractivity contribution is 5.93. The lowest BCUT2D eigenvalue weighted by molar-refractivity contribution is -0.141. The molecular formula is C31H41FN4O4. The fourth-order valence-electron chi connectivity index (χ4n) is 5.03. The Morgan fingerprint density at radius 1 is 1.05 bits per heavy atom. The summed E-state index contributed by atoms with van der Waals surface area (Å²) in [6.45, 7) is 6.20. The number of hydrogen-bond donors (Lipinski definition) is 3. The summed E-state index contributed by atoms with van der Waals surface area (Å²) in [7, 11) is 1.62. The fourth-order valence-corrected chi connectivity index (χ4v) is 5.03. The molecule has 2 aromatic carbocycles. The summed E-state index contributed by atoms with van der Waals surface area (Å²) < 4.78 is 20.1. The highest BCUT2D eigenvalue weighted by Gasteiger charge is 2.39. The molecule has 1 aliphatic heterocycles. The standard InChI is InChI=1S/C31H41FN4O4/c1-19-16-22(11-14-25(19)32)17-26-30(38)33-15-7-9-23-8-5-6-10-27(23)40-20(2)18-34-28(24-12-13-24)31(39)36(4)21(3)29(37)35-26/h5-6,8,10-11,14,16,20-21,24,26,28,34H,7,9,12-13,15,17-18H2,1-4H3,(H,33,38)(H,35,37)/t20-,21-,26-,28+/m1/s1. The average molecular weight is 553 g/mol. The van der Waals surface area contributed by atoms with Crippen molar-refractivity contribution in [3.8, 4) is 5.75 Å². The van der Waals surface area contributed by atoms with Crippen LogP contribution in [0.4, 0.5) is 4.39 Å². The van der Waals surface area contributed by atoms with Gasteiger partial charge in [0.05, 0.1) is 6.04 Å². The van der Waals surface area contributed by atoms with Crippen LogP contribution in [0.5, 0.6) is 5.75 Å². The predicted molar refractivity (Wildman–Crippen MR) is 151 cm³/mol. The van der Waals surface area contributed by atoms with Gasteiger partial charge in [-0.15, -0.1) is 0 Å². The second kappa shape index (κ2) is 13.3. The van der Waals surface area contributed by atoms with Crippen molar-refractivity contribution in [3.63, 3.8) is 0 Å². The van der Waals surface area contributed by atoms with Gasteiger partial charge in [-0.05, 0) is 81.2 Å². The van der Waals surface area contributed by atoms with Gasteiger partial charge >= 0.3 is 0 Å². The fraction of sp³-hybridized carbons (Fsp3) is 0.516. The highest BCUT2D eigenvalue weighted by atomic mass is 19.1. The minimum Gasteiger partial charge on any atom is -0.489 e. The number of para-hydroxylation sites is 1. The number of likely N-dealkylation sites (N-methyl/N-ethyl adjacent to an activating group) is 1. The van der Waals surface area contributed by atoms with E-state index in [2.05, 4.69) is 16.0 Å². The van der Waals surface area contributed by atoms with Crippen molar-refractivity contribution in [1.82, 2.24) is 20.9 Å². The molecule has 0 aromatic heterocycles. The number of fused-ring (bicyclic) bond motifs is 1. The molecule has 2 aliphatic rings. The van der Waals surface area contributed by atoms with Crippen LogP contribution >= 0.6 is 0 Å². The monoisotopic (exact) mass is 552 g/mol. The van der Waals surface area contributed by atoms with E-state index < -0.39 is 24.0 Å². The first-order valence-corrected chi connectivity index (χ1v) is 14.2. The van der Waals surface area contributed by atoms with E-state index in [4.69, 9.17) is 4.74 Å². The molecule has 0 saturated heterocycles. The average Bonchev–Trinajstić information content (AvgIpc) is 3.77. The molecule has 1 aliphatic carbocycles. The zero-order chi connectivity index (χ0) is 28.8. The molecule has 0 radical (unpaired) electrons. The van der Waals surface area contributed by atoms with Gasteiger partial charge in [-0.1, -0.05) is 30.3 Å². The van der Waals surface area contributed by atoms with E-state index in [9.17, 15) is 18.8 Å². The number of halogens is 1. The molecule has 0 spiro atoms. The summed E-state index contributed by atoms with van der Waals surface area (Å²) in [4.78, 5) is 41.6. The Hall–Kier alpha value is -3.46. The highest BCUT2D eigenvalue weighted by Crippen LogP contribution is 2.33. The van der Waals surface area contributed by atoms with Gasteiger partial charge in [0.1, 0.15) is 29.8 Å². The van der Waals surface area contributed by atoms with Gasteiger partial charge in [0.25, 0.3) is 0 Å². The van der Waals surface area contributed by atoms with Crippen LogP contribution in [-0.4, -0.2) is 67.0 Å². The molecule has 0 bridgehead atoms. The van der Waals surface area contributed by atoms with Crippen molar-refractivity contribution in [2.45, 2.75) is 77.1 Å². The number of ether oxygens (including phenoxy) is 1. The molecule has 8 nitrogen and oxygen atoms in total. The van der Waals surface area contributed by atoms with E-state index in [1.165, 1.54) is 11.0 Å².